The van der Waals surface area contributed by atoms with Crippen molar-refractivity contribution in [2.45, 2.75) is 32.6 Å². The van der Waals surface area contributed by atoms with Crippen LogP contribution in [0.1, 0.15) is 38.2 Å². The molecule has 84 valence electrons. The Balaban J connectivity index is 1.98. The van der Waals surface area contributed by atoms with Gasteiger partial charge in [-0.2, -0.15) is 0 Å². The minimum Gasteiger partial charge on any atom is -0.361 e. The molecule has 16 heavy (non-hydrogen) atoms. The SMILES string of the molecule is CCCCCC=Cc1ccc2cc[nH]c2c1. The van der Waals surface area contributed by atoms with E-state index in [0.29, 0.717) is 0 Å². The van der Waals surface area contributed by atoms with Gasteiger partial charge in [-0.15, -0.1) is 0 Å². The maximum Gasteiger partial charge on any atom is 0.0459 e. The van der Waals surface area contributed by atoms with Crippen LogP contribution in [0.3, 0.4) is 0 Å². The van der Waals surface area contributed by atoms with Gasteiger partial charge in [0.2, 0.25) is 0 Å². The average molecular weight is 213 g/mol. The molecule has 0 saturated carbocycles. The second kappa shape index (κ2) is 5.55. The van der Waals surface area contributed by atoms with Crippen molar-refractivity contribution in [3.05, 3.63) is 42.1 Å². The Hall–Kier alpha value is -1.50. The van der Waals surface area contributed by atoms with E-state index in [4.69, 9.17) is 0 Å². The molecule has 1 heterocycles. The lowest BCUT2D eigenvalue weighted by atomic mass is 10.1. The molecule has 0 saturated heterocycles. The topological polar surface area (TPSA) is 15.8 Å². The molecule has 0 atom stereocenters. The van der Waals surface area contributed by atoms with Crippen LogP contribution in [0.15, 0.2) is 36.5 Å². The number of rotatable bonds is 5. The molecule has 0 aliphatic rings. The Morgan fingerprint density at radius 1 is 1.19 bits per heavy atom. The molecule has 0 spiro atoms. The summed E-state index contributed by atoms with van der Waals surface area (Å²) in [5.74, 6) is 0. The third-order valence-electron chi connectivity index (χ3n) is 2.86. The van der Waals surface area contributed by atoms with Crippen LogP contribution in [0.4, 0.5) is 0 Å². The van der Waals surface area contributed by atoms with Crippen LogP contribution >= 0.6 is 0 Å². The van der Waals surface area contributed by atoms with E-state index in [2.05, 4.69) is 48.3 Å². The van der Waals surface area contributed by atoms with E-state index in [1.807, 2.05) is 6.20 Å². The predicted molar refractivity (Wildman–Crippen MR) is 71.5 cm³/mol. The molecule has 1 nitrogen and oxygen atoms in total. The summed E-state index contributed by atoms with van der Waals surface area (Å²) >= 11 is 0. The molecule has 2 rings (SSSR count). The number of H-pyrrole nitrogens is 1. The molecule has 0 aliphatic heterocycles. The summed E-state index contributed by atoms with van der Waals surface area (Å²) in [6, 6.07) is 8.64. The van der Waals surface area contributed by atoms with E-state index in [1.165, 1.54) is 42.1 Å². The van der Waals surface area contributed by atoms with Crippen LogP contribution in [0.5, 0.6) is 0 Å². The average Bonchev–Trinajstić information content (AvgIpc) is 2.76. The van der Waals surface area contributed by atoms with Crippen LogP contribution in [-0.4, -0.2) is 4.98 Å². The van der Waals surface area contributed by atoms with Gasteiger partial charge in [0.25, 0.3) is 0 Å². The van der Waals surface area contributed by atoms with Gasteiger partial charge < -0.3 is 4.98 Å². The first kappa shape index (κ1) is 11.0. The monoisotopic (exact) mass is 213 g/mol. The van der Waals surface area contributed by atoms with Crippen molar-refractivity contribution in [2.24, 2.45) is 0 Å². The van der Waals surface area contributed by atoms with E-state index < -0.39 is 0 Å². The summed E-state index contributed by atoms with van der Waals surface area (Å²) in [5, 5.41) is 1.28. The number of unbranched alkanes of at least 4 members (excludes halogenated alkanes) is 3. The summed E-state index contributed by atoms with van der Waals surface area (Å²) < 4.78 is 0. The van der Waals surface area contributed by atoms with Crippen LogP contribution in [0, 0.1) is 0 Å². The van der Waals surface area contributed by atoms with Crippen molar-refractivity contribution in [2.75, 3.05) is 0 Å². The van der Waals surface area contributed by atoms with Crippen LogP contribution < -0.4 is 0 Å². The molecule has 1 aromatic carbocycles. The van der Waals surface area contributed by atoms with Crippen molar-refractivity contribution in [1.29, 1.82) is 0 Å². The minimum absolute atomic E-state index is 1.19. The highest BCUT2D eigenvalue weighted by Gasteiger charge is 1.93. The molecule has 2 aromatic rings. The fourth-order valence-corrected chi connectivity index (χ4v) is 1.90. The molecular formula is C15H19N. The Kier molecular flexibility index (Phi) is 3.81. The number of allylic oxidation sites excluding steroid dienone is 1. The number of hydrogen-bond donors (Lipinski definition) is 1. The molecule has 0 unspecified atom stereocenters. The highest BCUT2D eigenvalue weighted by atomic mass is 14.7. The lowest BCUT2D eigenvalue weighted by molar-refractivity contribution is 0.730. The minimum atomic E-state index is 1.19. The van der Waals surface area contributed by atoms with Gasteiger partial charge in [0, 0.05) is 11.7 Å². The first-order valence-corrected chi connectivity index (χ1v) is 6.14. The van der Waals surface area contributed by atoms with E-state index in [1.54, 1.807) is 0 Å². The Morgan fingerprint density at radius 2 is 2.12 bits per heavy atom. The summed E-state index contributed by atoms with van der Waals surface area (Å²) in [7, 11) is 0. The van der Waals surface area contributed by atoms with Gasteiger partial charge in [-0.05, 0) is 35.9 Å². The van der Waals surface area contributed by atoms with Gasteiger partial charge in [0.05, 0.1) is 0 Å². The molecule has 1 N–H and O–H groups in total. The highest BCUT2D eigenvalue weighted by Crippen LogP contribution is 2.15. The second-order valence-corrected chi connectivity index (χ2v) is 4.22. The zero-order chi connectivity index (χ0) is 11.2. The number of hydrogen-bond acceptors (Lipinski definition) is 0. The molecule has 0 amide bonds. The standard InChI is InChI=1S/C15H19N/c1-2-3-4-5-6-7-13-8-9-14-10-11-16-15(14)12-13/h6-12,16H,2-5H2,1H3. The van der Waals surface area contributed by atoms with Crippen LogP contribution in [0.25, 0.3) is 17.0 Å². The summed E-state index contributed by atoms with van der Waals surface area (Å²) in [6.07, 6.45) is 11.6. The van der Waals surface area contributed by atoms with E-state index in [-0.39, 0.29) is 0 Å². The molecule has 1 aromatic heterocycles. The Bertz CT molecular complexity index is 465. The number of nitrogens with one attached hydrogen (secondary N) is 1. The third-order valence-corrected chi connectivity index (χ3v) is 2.86. The van der Waals surface area contributed by atoms with Gasteiger partial charge in [-0.25, -0.2) is 0 Å². The number of benzene rings is 1. The molecule has 1 heteroatoms. The van der Waals surface area contributed by atoms with E-state index in [0.717, 1.165) is 0 Å². The van der Waals surface area contributed by atoms with Crippen molar-refractivity contribution in [3.63, 3.8) is 0 Å². The molecule has 0 bridgehead atoms. The maximum absolute atomic E-state index is 3.24. The fourth-order valence-electron chi connectivity index (χ4n) is 1.90. The largest absolute Gasteiger partial charge is 0.361 e. The van der Waals surface area contributed by atoms with E-state index in [9.17, 15) is 0 Å². The molecule has 0 radical (unpaired) electrons. The van der Waals surface area contributed by atoms with Crippen LogP contribution in [0.2, 0.25) is 0 Å². The third kappa shape index (κ3) is 2.75. The molecular weight excluding hydrogens is 194 g/mol. The summed E-state index contributed by atoms with van der Waals surface area (Å²) in [4.78, 5) is 3.24. The highest BCUT2D eigenvalue weighted by molar-refractivity contribution is 5.81. The lowest BCUT2D eigenvalue weighted by Crippen LogP contribution is -1.74. The van der Waals surface area contributed by atoms with Crippen molar-refractivity contribution >= 4 is 17.0 Å². The second-order valence-electron chi connectivity index (χ2n) is 4.22. The van der Waals surface area contributed by atoms with Crippen molar-refractivity contribution in [1.82, 2.24) is 4.98 Å². The fraction of sp³-hybridized carbons (Fsp3) is 0.333. The van der Waals surface area contributed by atoms with Gasteiger partial charge in [0.15, 0.2) is 0 Å². The molecule has 0 fully saturated rings. The first-order chi connectivity index (χ1) is 7.90. The quantitative estimate of drug-likeness (QED) is 0.689. The van der Waals surface area contributed by atoms with Gasteiger partial charge in [-0.3, -0.25) is 0 Å². The Morgan fingerprint density at radius 3 is 3.00 bits per heavy atom. The Labute approximate surface area is 97.2 Å². The maximum atomic E-state index is 3.24. The number of aromatic amines is 1. The molecule has 0 aliphatic carbocycles. The zero-order valence-corrected chi connectivity index (χ0v) is 9.87. The number of aromatic nitrogens is 1. The van der Waals surface area contributed by atoms with Crippen molar-refractivity contribution in [3.8, 4) is 0 Å². The van der Waals surface area contributed by atoms with Crippen LogP contribution in [-0.2, 0) is 0 Å². The first-order valence-electron chi connectivity index (χ1n) is 6.14. The smallest absolute Gasteiger partial charge is 0.0459 e. The predicted octanol–water partition coefficient (Wildman–Crippen LogP) is 4.76. The van der Waals surface area contributed by atoms with Crippen molar-refractivity contribution < 1.29 is 0 Å². The van der Waals surface area contributed by atoms with E-state index >= 15 is 0 Å². The van der Waals surface area contributed by atoms with Gasteiger partial charge in [0.1, 0.15) is 0 Å². The lowest BCUT2D eigenvalue weighted by Gasteiger charge is -1.95. The van der Waals surface area contributed by atoms with Gasteiger partial charge in [-0.1, -0.05) is 44.1 Å². The summed E-state index contributed by atoms with van der Waals surface area (Å²) in [5.41, 5.74) is 2.50. The zero-order valence-electron chi connectivity index (χ0n) is 9.87. The summed E-state index contributed by atoms with van der Waals surface area (Å²) in [6.45, 7) is 2.24. The normalized spacial score (nSPS) is 11.6. The van der Waals surface area contributed by atoms with Gasteiger partial charge >= 0.3 is 0 Å². The number of fused-ring (bicyclic) bond motifs is 1.